The molecule has 14 heteroatoms. The van der Waals surface area contributed by atoms with Crippen molar-refractivity contribution >= 4 is 11.6 Å². The molecule has 14 nitrogen and oxygen atoms in total. The summed E-state index contributed by atoms with van der Waals surface area (Å²) in [5, 5.41) is 22.0. The molecule has 49 heavy (non-hydrogen) atoms. The number of ether oxygens (including phenoxy) is 4. The molecule has 2 aliphatic rings. The van der Waals surface area contributed by atoms with Gasteiger partial charge in [-0.2, -0.15) is 10.4 Å². The number of aromatic nitrogens is 7. The number of anilines is 2. The van der Waals surface area contributed by atoms with Crippen LogP contribution in [0, 0.1) is 11.3 Å². The van der Waals surface area contributed by atoms with Gasteiger partial charge in [-0.05, 0) is 76.6 Å². The Morgan fingerprint density at radius 1 is 1.08 bits per heavy atom. The second-order valence-electron chi connectivity index (χ2n) is 12.8. The standard InChI is InChI=1S/C35H46N10O4/c1-25(20-44-24-37-23-40-44)49-33-16-26(7-8-27(33)17-36)28-18-38-35(39-19-28)41-32-21-45(42-34(32)48-15-14-46-3)30-11-9-29(10-12-30)43(2)31-6-4-5-13-47-22-31/h7-8,16,18-19,21,23-25,29-31H,4-6,9-15,20,22H2,1-3H3,(H,38,39,41)/t25-,29?,30?,31+/m0/s1. The molecule has 2 atom stereocenters. The zero-order chi connectivity index (χ0) is 34.0. The number of nitrogens with zero attached hydrogens (tertiary/aromatic N) is 9. The predicted octanol–water partition coefficient (Wildman–Crippen LogP) is 5.02. The third-order valence-corrected chi connectivity index (χ3v) is 9.38. The van der Waals surface area contributed by atoms with Gasteiger partial charge in [0.05, 0.1) is 37.6 Å². The van der Waals surface area contributed by atoms with Crippen LogP contribution in [-0.2, 0) is 16.0 Å². The van der Waals surface area contributed by atoms with E-state index in [1.54, 1.807) is 36.6 Å². The molecule has 0 bridgehead atoms. The van der Waals surface area contributed by atoms with Crippen molar-refractivity contribution < 1.29 is 18.9 Å². The van der Waals surface area contributed by atoms with E-state index in [4.69, 9.17) is 24.0 Å². The van der Waals surface area contributed by atoms with E-state index in [0.29, 0.717) is 60.7 Å². The van der Waals surface area contributed by atoms with Gasteiger partial charge in [-0.1, -0.05) is 6.07 Å². The average molecular weight is 671 g/mol. The van der Waals surface area contributed by atoms with Crippen molar-refractivity contribution in [3.8, 4) is 28.8 Å². The molecule has 1 aromatic carbocycles. The van der Waals surface area contributed by atoms with Gasteiger partial charge in [-0.15, -0.1) is 5.10 Å². The smallest absolute Gasteiger partial charge is 0.257 e. The highest BCUT2D eigenvalue weighted by Gasteiger charge is 2.30. The Hall–Kier alpha value is -4.58. The Labute approximate surface area is 287 Å². The number of hydrogen-bond acceptors (Lipinski definition) is 12. The molecule has 4 aromatic rings. The molecular formula is C35H46N10O4. The first-order valence-corrected chi connectivity index (χ1v) is 17.1. The minimum Gasteiger partial charge on any atom is -0.487 e. The lowest BCUT2D eigenvalue weighted by atomic mass is 9.89. The van der Waals surface area contributed by atoms with Crippen LogP contribution in [0.4, 0.5) is 11.6 Å². The summed E-state index contributed by atoms with van der Waals surface area (Å²) in [5.41, 5.74) is 2.77. The SMILES string of the molecule is COCCOc1nn(C2CCC(N(C)[C@@H]3CCCCOC3)CC2)cc1Nc1ncc(-c2ccc(C#N)c(O[C@@H](C)Cn3cncn3)c2)cn1. The van der Waals surface area contributed by atoms with Crippen LogP contribution >= 0.6 is 0 Å². The van der Waals surface area contributed by atoms with Crippen LogP contribution in [0.1, 0.15) is 63.5 Å². The van der Waals surface area contributed by atoms with E-state index in [-0.39, 0.29) is 12.1 Å². The fourth-order valence-corrected chi connectivity index (χ4v) is 6.61. The molecule has 2 fully saturated rings. The molecule has 1 saturated carbocycles. The molecule has 6 rings (SSSR count). The van der Waals surface area contributed by atoms with Gasteiger partial charge in [0.25, 0.3) is 5.88 Å². The van der Waals surface area contributed by atoms with Gasteiger partial charge in [-0.25, -0.2) is 19.6 Å². The van der Waals surface area contributed by atoms with E-state index in [0.717, 1.165) is 56.4 Å². The first kappa shape index (κ1) is 34.3. The molecule has 1 aliphatic heterocycles. The lowest BCUT2D eigenvalue weighted by molar-refractivity contribution is 0.0499. The highest BCUT2D eigenvalue weighted by Crippen LogP contribution is 2.35. The average Bonchev–Trinajstić information content (AvgIpc) is 3.69. The maximum atomic E-state index is 9.67. The summed E-state index contributed by atoms with van der Waals surface area (Å²) in [5.74, 6) is 1.40. The molecule has 3 aromatic heterocycles. The number of nitrogens with one attached hydrogen (secondary N) is 1. The lowest BCUT2D eigenvalue weighted by Crippen LogP contribution is -2.44. The van der Waals surface area contributed by atoms with E-state index < -0.39 is 0 Å². The van der Waals surface area contributed by atoms with E-state index in [1.807, 2.05) is 29.9 Å². The van der Waals surface area contributed by atoms with Crippen molar-refractivity contribution in [1.82, 2.24) is 39.4 Å². The summed E-state index contributed by atoms with van der Waals surface area (Å²) in [6, 6.07) is 9.00. The van der Waals surface area contributed by atoms with Crippen molar-refractivity contribution in [2.75, 3.05) is 45.9 Å². The molecule has 1 aliphatic carbocycles. The van der Waals surface area contributed by atoms with Crippen LogP contribution in [0.2, 0.25) is 0 Å². The first-order chi connectivity index (χ1) is 24.0. The van der Waals surface area contributed by atoms with Gasteiger partial charge in [0.15, 0.2) is 0 Å². The van der Waals surface area contributed by atoms with Gasteiger partial charge in [0.2, 0.25) is 5.95 Å². The maximum absolute atomic E-state index is 9.67. The topological polar surface area (TPSA) is 150 Å². The monoisotopic (exact) mass is 670 g/mol. The zero-order valence-corrected chi connectivity index (χ0v) is 28.6. The van der Waals surface area contributed by atoms with E-state index in [1.165, 1.54) is 19.2 Å². The summed E-state index contributed by atoms with van der Waals surface area (Å²) in [4.78, 5) is 15.7. The van der Waals surface area contributed by atoms with Crippen molar-refractivity contribution in [2.45, 2.75) is 82.6 Å². The van der Waals surface area contributed by atoms with Crippen molar-refractivity contribution in [2.24, 2.45) is 0 Å². The van der Waals surface area contributed by atoms with Crippen LogP contribution in [0.3, 0.4) is 0 Å². The number of benzene rings is 1. The highest BCUT2D eigenvalue weighted by atomic mass is 16.5. The molecular weight excluding hydrogens is 624 g/mol. The fourth-order valence-electron chi connectivity index (χ4n) is 6.61. The van der Waals surface area contributed by atoms with Crippen molar-refractivity contribution in [3.05, 3.63) is 55.0 Å². The maximum Gasteiger partial charge on any atom is 0.257 e. The second-order valence-corrected chi connectivity index (χ2v) is 12.8. The summed E-state index contributed by atoms with van der Waals surface area (Å²) in [7, 11) is 3.92. The molecule has 1 saturated heterocycles. The first-order valence-electron chi connectivity index (χ1n) is 17.1. The summed E-state index contributed by atoms with van der Waals surface area (Å²) in [6.45, 7) is 4.98. The van der Waals surface area contributed by atoms with Gasteiger partial charge in [0.1, 0.15) is 42.9 Å². The van der Waals surface area contributed by atoms with Crippen LogP contribution in [0.25, 0.3) is 11.1 Å². The molecule has 260 valence electrons. The van der Waals surface area contributed by atoms with E-state index >= 15 is 0 Å². The van der Waals surface area contributed by atoms with Gasteiger partial charge in [-0.3, -0.25) is 9.58 Å². The second kappa shape index (κ2) is 16.7. The summed E-state index contributed by atoms with van der Waals surface area (Å²) >= 11 is 0. The Kier molecular flexibility index (Phi) is 11.7. The molecule has 0 unspecified atom stereocenters. The Morgan fingerprint density at radius 2 is 1.92 bits per heavy atom. The zero-order valence-electron chi connectivity index (χ0n) is 28.6. The third kappa shape index (κ3) is 8.91. The predicted molar refractivity (Wildman–Crippen MR) is 183 cm³/mol. The highest BCUT2D eigenvalue weighted by molar-refractivity contribution is 5.67. The molecule has 4 heterocycles. The van der Waals surface area contributed by atoms with Crippen LogP contribution in [0.15, 0.2) is 49.4 Å². The van der Waals surface area contributed by atoms with Gasteiger partial charge >= 0.3 is 0 Å². The largest absolute Gasteiger partial charge is 0.487 e. The van der Waals surface area contributed by atoms with E-state index in [9.17, 15) is 5.26 Å². The molecule has 1 N–H and O–H groups in total. The number of likely N-dealkylation sites (N-methyl/N-ethyl adjacent to an activating group) is 1. The Morgan fingerprint density at radius 3 is 2.67 bits per heavy atom. The Bertz CT molecular complexity index is 1640. The number of methoxy groups -OCH3 is 1. The minimum absolute atomic E-state index is 0.231. The molecule has 0 amide bonds. The van der Waals surface area contributed by atoms with Crippen LogP contribution < -0.4 is 14.8 Å². The van der Waals surface area contributed by atoms with Crippen molar-refractivity contribution in [3.63, 3.8) is 0 Å². The van der Waals surface area contributed by atoms with Gasteiger partial charge < -0.3 is 24.3 Å². The van der Waals surface area contributed by atoms with Crippen LogP contribution in [0.5, 0.6) is 11.6 Å². The Balaban J connectivity index is 1.11. The summed E-state index contributed by atoms with van der Waals surface area (Å²) < 4.78 is 26.9. The lowest BCUT2D eigenvalue weighted by Gasteiger charge is -2.38. The van der Waals surface area contributed by atoms with E-state index in [2.05, 4.69) is 43.4 Å². The number of hydrogen-bond donors (Lipinski definition) is 1. The quantitative estimate of drug-likeness (QED) is 0.179. The van der Waals surface area contributed by atoms with Crippen molar-refractivity contribution in [1.29, 1.82) is 5.26 Å². The molecule has 0 radical (unpaired) electrons. The normalized spacial score (nSPS) is 20.3. The number of rotatable bonds is 14. The van der Waals surface area contributed by atoms with Crippen LogP contribution in [-0.4, -0.2) is 98.2 Å². The summed E-state index contributed by atoms with van der Waals surface area (Å²) in [6.07, 6.45) is 16.3. The third-order valence-electron chi connectivity index (χ3n) is 9.38. The molecule has 0 spiro atoms. The minimum atomic E-state index is -0.231. The number of nitriles is 1. The fraction of sp³-hybridized carbons (Fsp3) is 0.543. The van der Waals surface area contributed by atoms with Gasteiger partial charge in [0, 0.05) is 43.8 Å².